The van der Waals surface area contributed by atoms with Crippen molar-refractivity contribution < 1.29 is 27.8 Å². The number of phenols is 1. The molecule has 5 aliphatic rings. The number of fused-ring (bicyclic) bond motifs is 6. The predicted molar refractivity (Wildman–Crippen MR) is 178 cm³/mol. The maximum atomic E-state index is 17.2. The Labute approximate surface area is 277 Å². The number of benzene rings is 3. The SMILES string of the molecule is CCc1cccc2cc(O)cc(-c3c(F)c4c5c(nc(OC[C@@H]6CCC7(CC7)NC[C@H](F)C6)nc5c3F)N3CC5CCC(N5)C3CO4)c12. The van der Waals surface area contributed by atoms with E-state index in [4.69, 9.17) is 14.5 Å². The number of piperazine rings is 1. The summed E-state index contributed by atoms with van der Waals surface area (Å²) < 4.78 is 61.5. The van der Waals surface area contributed by atoms with Crippen LogP contribution < -0.4 is 25.0 Å². The first-order chi connectivity index (χ1) is 23.3. The molecule has 8 nitrogen and oxygen atoms in total. The van der Waals surface area contributed by atoms with Crippen molar-refractivity contribution in [2.75, 3.05) is 31.2 Å². The van der Waals surface area contributed by atoms with Crippen LogP contribution in [0.25, 0.3) is 32.8 Å². The van der Waals surface area contributed by atoms with Crippen LogP contribution in [-0.4, -0.2) is 71.2 Å². The van der Waals surface area contributed by atoms with Crippen LogP contribution in [0.1, 0.15) is 57.4 Å². The molecule has 1 aromatic heterocycles. The van der Waals surface area contributed by atoms with Gasteiger partial charge in [-0.15, -0.1) is 0 Å². The molecule has 1 spiro atoms. The van der Waals surface area contributed by atoms with Crippen molar-refractivity contribution >= 4 is 27.5 Å². The van der Waals surface area contributed by atoms with Crippen molar-refractivity contribution in [2.24, 2.45) is 5.92 Å². The van der Waals surface area contributed by atoms with Crippen LogP contribution in [-0.2, 0) is 6.42 Å². The molecule has 3 unspecified atom stereocenters. The third-order valence-corrected chi connectivity index (χ3v) is 11.5. The van der Waals surface area contributed by atoms with Crippen LogP contribution in [0.4, 0.5) is 19.0 Å². The largest absolute Gasteiger partial charge is 0.508 e. The van der Waals surface area contributed by atoms with E-state index in [9.17, 15) is 9.50 Å². The second kappa shape index (κ2) is 11.4. The lowest BCUT2D eigenvalue weighted by Gasteiger charge is -2.40. The van der Waals surface area contributed by atoms with Gasteiger partial charge in [-0.1, -0.05) is 25.1 Å². The van der Waals surface area contributed by atoms with E-state index in [0.29, 0.717) is 42.5 Å². The number of nitrogens with zero attached hydrogens (tertiary/aromatic N) is 3. The monoisotopic (exact) mass is 659 g/mol. The summed E-state index contributed by atoms with van der Waals surface area (Å²) in [5.74, 6) is -1.56. The first-order valence-corrected chi connectivity index (χ1v) is 17.5. The lowest BCUT2D eigenvalue weighted by Crippen LogP contribution is -2.60. The number of halogens is 3. The van der Waals surface area contributed by atoms with Crippen molar-refractivity contribution in [3.63, 3.8) is 0 Å². The van der Waals surface area contributed by atoms with Gasteiger partial charge < -0.3 is 30.1 Å². The van der Waals surface area contributed by atoms with Gasteiger partial charge in [0.2, 0.25) is 0 Å². The predicted octanol–water partition coefficient (Wildman–Crippen LogP) is 6.34. The molecule has 4 aromatic rings. The van der Waals surface area contributed by atoms with E-state index in [0.717, 1.165) is 44.1 Å². The van der Waals surface area contributed by atoms with E-state index in [1.54, 1.807) is 6.07 Å². The summed E-state index contributed by atoms with van der Waals surface area (Å²) in [5, 5.41) is 19.3. The number of nitrogens with one attached hydrogen (secondary N) is 2. The average molecular weight is 660 g/mol. The van der Waals surface area contributed by atoms with E-state index in [2.05, 4.69) is 20.5 Å². The van der Waals surface area contributed by atoms with Crippen molar-refractivity contribution in [1.82, 2.24) is 20.6 Å². The van der Waals surface area contributed by atoms with E-state index in [1.807, 2.05) is 25.1 Å². The maximum absolute atomic E-state index is 17.2. The number of hydrogen-bond donors (Lipinski definition) is 3. The molecule has 4 aliphatic heterocycles. The summed E-state index contributed by atoms with van der Waals surface area (Å²) >= 11 is 0. The standard InChI is InChI=1S/C37H40F3N5O3/c1-2-20-4-3-5-21-13-24(46)14-25(28(20)21)29-31(39)33-30-34(32(29)40)47-18-27-26-7-6-23(42-26)16-45(27)35(30)44-36(43-33)48-17-19-8-9-37(10-11-37)41-15-22(38)12-19/h3-5,13-14,19,22-23,26-27,41-42,46H,2,6-12,15-18H2,1H3/t19-,22-,23?,26?,27?/m1/s1. The second-order valence-electron chi connectivity index (χ2n) is 14.5. The van der Waals surface area contributed by atoms with Gasteiger partial charge in [0.05, 0.1) is 23.6 Å². The number of aryl methyl sites for hydroxylation is 1. The molecular formula is C37H40F3N5O3. The van der Waals surface area contributed by atoms with Gasteiger partial charge in [0.25, 0.3) is 0 Å². The van der Waals surface area contributed by atoms with E-state index in [-0.39, 0.29) is 82.3 Å². The smallest absolute Gasteiger partial charge is 0.319 e. The molecule has 4 fully saturated rings. The van der Waals surface area contributed by atoms with Gasteiger partial charge in [-0.3, -0.25) is 0 Å². The highest BCUT2D eigenvalue weighted by Gasteiger charge is 2.46. The molecular weight excluding hydrogens is 619 g/mol. The summed E-state index contributed by atoms with van der Waals surface area (Å²) in [6.45, 7) is 3.32. The van der Waals surface area contributed by atoms with E-state index >= 15 is 8.78 Å². The lowest BCUT2D eigenvalue weighted by atomic mass is 9.91. The first kappa shape index (κ1) is 30.2. The fourth-order valence-electron chi connectivity index (χ4n) is 8.75. The molecule has 2 bridgehead atoms. The molecule has 0 radical (unpaired) electrons. The fraction of sp³-hybridized carbons (Fsp3) is 0.514. The van der Waals surface area contributed by atoms with E-state index < -0.39 is 17.8 Å². The normalized spacial score (nSPS) is 27.3. The Hall–Kier alpha value is -3.83. The van der Waals surface area contributed by atoms with E-state index in [1.165, 1.54) is 6.07 Å². The van der Waals surface area contributed by atoms with Gasteiger partial charge in [-0.2, -0.15) is 9.97 Å². The summed E-state index contributed by atoms with van der Waals surface area (Å²) in [7, 11) is 0. The number of alkyl halides is 1. The zero-order valence-electron chi connectivity index (χ0n) is 27.0. The van der Waals surface area contributed by atoms with Crippen LogP contribution in [0.15, 0.2) is 30.3 Å². The molecule has 5 heterocycles. The van der Waals surface area contributed by atoms with Gasteiger partial charge in [0, 0.05) is 30.7 Å². The third-order valence-electron chi connectivity index (χ3n) is 11.5. The topological polar surface area (TPSA) is 91.8 Å². The number of aromatic hydroxyl groups is 1. The molecule has 1 saturated carbocycles. The molecule has 9 rings (SSSR count). The summed E-state index contributed by atoms with van der Waals surface area (Å²) in [5.41, 5.74) is 0.774. The molecule has 252 valence electrons. The summed E-state index contributed by atoms with van der Waals surface area (Å²) in [6.07, 6.45) is 5.84. The Balaban J connectivity index is 1.20. The fourth-order valence-corrected chi connectivity index (χ4v) is 8.75. The highest BCUT2D eigenvalue weighted by Crippen LogP contribution is 2.48. The number of hydrogen-bond acceptors (Lipinski definition) is 8. The van der Waals surface area contributed by atoms with Crippen molar-refractivity contribution in [1.29, 1.82) is 0 Å². The third kappa shape index (κ3) is 4.95. The molecule has 48 heavy (non-hydrogen) atoms. The van der Waals surface area contributed by atoms with Gasteiger partial charge in [-0.25, -0.2) is 13.2 Å². The van der Waals surface area contributed by atoms with Crippen LogP contribution >= 0.6 is 0 Å². The molecule has 1 aliphatic carbocycles. The highest BCUT2D eigenvalue weighted by molar-refractivity contribution is 6.05. The van der Waals surface area contributed by atoms with Crippen LogP contribution in [0.2, 0.25) is 0 Å². The van der Waals surface area contributed by atoms with Crippen molar-refractivity contribution in [3.8, 4) is 28.6 Å². The van der Waals surface area contributed by atoms with Crippen molar-refractivity contribution in [3.05, 3.63) is 47.5 Å². The molecule has 11 heteroatoms. The Morgan fingerprint density at radius 3 is 2.79 bits per heavy atom. The summed E-state index contributed by atoms with van der Waals surface area (Å²) in [6, 6.07) is 8.81. The lowest BCUT2D eigenvalue weighted by molar-refractivity contribution is 0.153. The van der Waals surface area contributed by atoms with Gasteiger partial charge in [-0.05, 0) is 91.3 Å². The Bertz CT molecular complexity index is 1940. The Kier molecular flexibility index (Phi) is 7.16. The molecule has 3 aromatic carbocycles. The molecule has 5 atom stereocenters. The minimum atomic E-state index is -0.983. The molecule has 0 amide bonds. The van der Waals surface area contributed by atoms with Crippen molar-refractivity contribution in [2.45, 2.75) is 88.1 Å². The number of ether oxygens (including phenoxy) is 2. The zero-order valence-corrected chi connectivity index (χ0v) is 27.0. The summed E-state index contributed by atoms with van der Waals surface area (Å²) in [4.78, 5) is 11.6. The quantitative estimate of drug-likeness (QED) is 0.229. The second-order valence-corrected chi connectivity index (χ2v) is 14.5. The Morgan fingerprint density at radius 1 is 1.08 bits per heavy atom. The number of aromatic nitrogens is 2. The highest BCUT2D eigenvalue weighted by atomic mass is 19.1. The van der Waals surface area contributed by atoms with Crippen LogP contribution in [0.3, 0.4) is 0 Å². The van der Waals surface area contributed by atoms with Crippen LogP contribution in [0.5, 0.6) is 17.5 Å². The van der Waals surface area contributed by atoms with Gasteiger partial charge in [0.1, 0.15) is 29.9 Å². The number of anilines is 1. The average Bonchev–Trinajstić information content (AvgIpc) is 3.79. The first-order valence-electron chi connectivity index (χ1n) is 17.5. The Morgan fingerprint density at radius 2 is 1.96 bits per heavy atom. The molecule has 3 N–H and O–H groups in total. The van der Waals surface area contributed by atoms with Gasteiger partial charge >= 0.3 is 6.01 Å². The number of phenolic OH excluding ortho intramolecular Hbond substituents is 1. The van der Waals surface area contributed by atoms with Crippen LogP contribution in [0, 0.1) is 17.6 Å². The minimum absolute atomic E-state index is 0.0156. The molecule has 3 saturated heterocycles. The minimum Gasteiger partial charge on any atom is -0.508 e. The number of rotatable bonds is 5. The van der Waals surface area contributed by atoms with Gasteiger partial charge in [0.15, 0.2) is 17.4 Å². The zero-order chi connectivity index (χ0) is 32.7. The maximum Gasteiger partial charge on any atom is 0.319 e.